The van der Waals surface area contributed by atoms with Crippen LogP contribution in [0.2, 0.25) is 0 Å². The van der Waals surface area contributed by atoms with Crippen molar-refractivity contribution in [2.75, 3.05) is 26.2 Å². The summed E-state index contributed by atoms with van der Waals surface area (Å²) in [4.78, 5) is 24.9. The van der Waals surface area contributed by atoms with Crippen molar-refractivity contribution < 1.29 is 19.4 Å². The maximum absolute atomic E-state index is 12.1. The zero-order valence-electron chi connectivity index (χ0n) is 14.2. The van der Waals surface area contributed by atoms with Crippen molar-refractivity contribution in [2.45, 2.75) is 13.3 Å². The number of hydrogen-bond acceptors (Lipinski definition) is 3. The molecular weight excluding hydrogens is 320 g/mol. The van der Waals surface area contributed by atoms with Crippen molar-refractivity contribution in [3.8, 4) is 5.75 Å². The lowest BCUT2D eigenvalue weighted by Crippen LogP contribution is -2.42. The minimum absolute atomic E-state index is 0.236. The Morgan fingerprint density at radius 2 is 2.00 bits per heavy atom. The van der Waals surface area contributed by atoms with Gasteiger partial charge in [-0.25, -0.2) is 4.79 Å². The molecule has 0 radical (unpaired) electrons. The van der Waals surface area contributed by atoms with Crippen LogP contribution in [0.5, 0.6) is 5.75 Å². The highest BCUT2D eigenvalue weighted by Gasteiger charge is 2.42. The number of nitrogens with zero attached hydrogens (tertiary/aromatic N) is 1. The molecule has 2 aromatic rings. The number of benzene rings is 2. The first-order valence-corrected chi connectivity index (χ1v) is 8.36. The Labute approximate surface area is 146 Å². The molecule has 1 aliphatic heterocycles. The fraction of sp³-hybridized carbons (Fsp3) is 0.368. The number of carbonyl (C=O) groups excluding carboxylic acids is 1. The van der Waals surface area contributed by atoms with Crippen molar-refractivity contribution in [1.82, 2.24) is 10.2 Å². The number of urea groups is 1. The Bertz CT molecular complexity index is 792. The van der Waals surface area contributed by atoms with Crippen molar-refractivity contribution in [2.24, 2.45) is 5.41 Å². The van der Waals surface area contributed by atoms with Gasteiger partial charge in [0, 0.05) is 13.1 Å². The maximum Gasteiger partial charge on any atom is 0.317 e. The average molecular weight is 342 g/mol. The molecule has 1 atom stereocenters. The topological polar surface area (TPSA) is 78.9 Å². The molecule has 1 fully saturated rings. The van der Waals surface area contributed by atoms with Crippen LogP contribution in [-0.2, 0) is 4.79 Å². The zero-order valence-corrected chi connectivity index (χ0v) is 14.2. The molecule has 3 rings (SSSR count). The van der Waals surface area contributed by atoms with E-state index in [0.717, 1.165) is 16.5 Å². The Morgan fingerprint density at radius 3 is 2.72 bits per heavy atom. The normalized spacial score (nSPS) is 19.8. The molecule has 2 N–H and O–H groups in total. The Hall–Kier alpha value is -2.76. The summed E-state index contributed by atoms with van der Waals surface area (Å²) in [6.07, 6.45) is 0.476. The van der Waals surface area contributed by atoms with Crippen LogP contribution in [0, 0.1) is 5.41 Å². The lowest BCUT2D eigenvalue weighted by atomic mass is 9.90. The second-order valence-electron chi connectivity index (χ2n) is 6.63. The van der Waals surface area contributed by atoms with E-state index >= 15 is 0 Å². The third-order valence-electron chi connectivity index (χ3n) is 4.64. The third kappa shape index (κ3) is 3.84. The van der Waals surface area contributed by atoms with E-state index in [0.29, 0.717) is 26.1 Å². The van der Waals surface area contributed by atoms with E-state index in [1.807, 2.05) is 42.5 Å². The van der Waals surface area contributed by atoms with Gasteiger partial charge in [-0.1, -0.05) is 30.3 Å². The molecule has 1 unspecified atom stereocenters. The monoisotopic (exact) mass is 342 g/mol. The van der Waals surface area contributed by atoms with Crippen molar-refractivity contribution in [3.05, 3.63) is 42.5 Å². The van der Waals surface area contributed by atoms with Gasteiger partial charge in [0.25, 0.3) is 0 Å². The van der Waals surface area contributed by atoms with Gasteiger partial charge in [0.15, 0.2) is 0 Å². The summed E-state index contributed by atoms with van der Waals surface area (Å²) in [6.45, 7) is 3.09. The fourth-order valence-electron chi connectivity index (χ4n) is 3.00. The molecule has 2 amide bonds. The van der Waals surface area contributed by atoms with Gasteiger partial charge in [0.2, 0.25) is 0 Å². The molecular formula is C19H22N2O4. The Balaban J connectivity index is 1.45. The fourth-order valence-corrected chi connectivity index (χ4v) is 3.00. The van der Waals surface area contributed by atoms with Crippen LogP contribution in [0.3, 0.4) is 0 Å². The molecule has 0 spiro atoms. The van der Waals surface area contributed by atoms with Gasteiger partial charge in [0.05, 0.1) is 12.0 Å². The quantitative estimate of drug-likeness (QED) is 0.819. The van der Waals surface area contributed by atoms with Gasteiger partial charge in [-0.3, -0.25) is 4.79 Å². The number of nitrogens with one attached hydrogen (secondary N) is 1. The first-order chi connectivity index (χ1) is 12.0. The minimum Gasteiger partial charge on any atom is -0.492 e. The first kappa shape index (κ1) is 17.1. The Kier molecular flexibility index (Phi) is 4.79. The predicted octanol–water partition coefficient (Wildman–Crippen LogP) is 2.72. The molecule has 1 saturated heterocycles. The molecule has 1 aliphatic rings. The molecule has 6 heteroatoms. The van der Waals surface area contributed by atoms with Crippen molar-refractivity contribution in [1.29, 1.82) is 0 Å². The molecule has 25 heavy (non-hydrogen) atoms. The standard InChI is InChI=1S/C19H22N2O4/c1-19(17(22)23)8-10-21(13-19)18(24)20-9-11-25-16-7-6-14-4-2-3-5-15(14)12-16/h2-7,12H,8-11,13H2,1H3,(H,20,24)(H,22,23). The van der Waals surface area contributed by atoms with E-state index in [-0.39, 0.29) is 12.6 Å². The number of carbonyl (C=O) groups is 2. The van der Waals surface area contributed by atoms with Crippen LogP contribution in [-0.4, -0.2) is 48.2 Å². The number of carboxylic acids is 1. The van der Waals surface area contributed by atoms with Gasteiger partial charge >= 0.3 is 12.0 Å². The van der Waals surface area contributed by atoms with Gasteiger partial charge < -0.3 is 20.1 Å². The lowest BCUT2D eigenvalue weighted by Gasteiger charge is -2.20. The third-order valence-corrected chi connectivity index (χ3v) is 4.64. The smallest absolute Gasteiger partial charge is 0.317 e. The highest BCUT2D eigenvalue weighted by molar-refractivity contribution is 5.83. The second kappa shape index (κ2) is 7.01. The van der Waals surface area contributed by atoms with E-state index in [2.05, 4.69) is 5.32 Å². The number of carboxylic acid groups (broad SMARTS) is 1. The molecule has 132 valence electrons. The lowest BCUT2D eigenvalue weighted by molar-refractivity contribution is -0.147. The number of hydrogen-bond donors (Lipinski definition) is 2. The number of ether oxygens (including phenoxy) is 1. The van der Waals surface area contributed by atoms with E-state index in [1.165, 1.54) is 0 Å². The van der Waals surface area contributed by atoms with E-state index < -0.39 is 11.4 Å². The minimum atomic E-state index is -0.859. The maximum atomic E-state index is 12.1. The highest BCUT2D eigenvalue weighted by Crippen LogP contribution is 2.29. The van der Waals surface area contributed by atoms with Crippen LogP contribution in [0.15, 0.2) is 42.5 Å². The van der Waals surface area contributed by atoms with Crippen LogP contribution in [0.1, 0.15) is 13.3 Å². The summed E-state index contributed by atoms with van der Waals surface area (Å²) in [6, 6.07) is 13.7. The van der Waals surface area contributed by atoms with Crippen LogP contribution < -0.4 is 10.1 Å². The molecule has 6 nitrogen and oxygen atoms in total. The number of aliphatic carboxylic acids is 1. The van der Waals surface area contributed by atoms with Crippen molar-refractivity contribution >= 4 is 22.8 Å². The summed E-state index contributed by atoms with van der Waals surface area (Å²) in [7, 11) is 0. The Morgan fingerprint density at radius 1 is 1.24 bits per heavy atom. The van der Waals surface area contributed by atoms with Gasteiger partial charge in [0.1, 0.15) is 12.4 Å². The van der Waals surface area contributed by atoms with Gasteiger partial charge in [-0.2, -0.15) is 0 Å². The second-order valence-corrected chi connectivity index (χ2v) is 6.63. The number of amides is 2. The molecule has 0 aromatic heterocycles. The predicted molar refractivity (Wildman–Crippen MR) is 94.8 cm³/mol. The van der Waals surface area contributed by atoms with E-state index in [4.69, 9.17) is 4.74 Å². The highest BCUT2D eigenvalue weighted by atomic mass is 16.5. The molecule has 1 heterocycles. The summed E-state index contributed by atoms with van der Waals surface area (Å²) in [5.74, 6) is -0.102. The van der Waals surface area contributed by atoms with E-state index in [1.54, 1.807) is 11.8 Å². The number of likely N-dealkylation sites (tertiary alicyclic amines) is 1. The SMILES string of the molecule is CC1(C(=O)O)CCN(C(=O)NCCOc2ccc3ccccc3c2)C1. The first-order valence-electron chi connectivity index (χ1n) is 8.36. The number of fused-ring (bicyclic) bond motifs is 1. The molecule has 2 aromatic carbocycles. The van der Waals surface area contributed by atoms with Gasteiger partial charge in [-0.15, -0.1) is 0 Å². The summed E-state index contributed by atoms with van der Waals surface area (Å²) < 4.78 is 5.68. The molecule has 0 aliphatic carbocycles. The van der Waals surface area contributed by atoms with E-state index in [9.17, 15) is 14.7 Å². The van der Waals surface area contributed by atoms with Crippen LogP contribution in [0.25, 0.3) is 10.8 Å². The van der Waals surface area contributed by atoms with Gasteiger partial charge in [-0.05, 0) is 36.2 Å². The zero-order chi connectivity index (χ0) is 17.9. The molecule has 0 bridgehead atoms. The summed E-state index contributed by atoms with van der Waals surface area (Å²) in [5.41, 5.74) is -0.848. The number of rotatable bonds is 5. The van der Waals surface area contributed by atoms with Crippen LogP contribution >= 0.6 is 0 Å². The summed E-state index contributed by atoms with van der Waals surface area (Å²) in [5, 5.41) is 14.2. The largest absolute Gasteiger partial charge is 0.492 e. The van der Waals surface area contributed by atoms with Crippen molar-refractivity contribution in [3.63, 3.8) is 0 Å². The molecule has 0 saturated carbocycles. The summed E-state index contributed by atoms with van der Waals surface area (Å²) >= 11 is 0. The average Bonchev–Trinajstić information content (AvgIpc) is 3.02. The van der Waals surface area contributed by atoms with Crippen LogP contribution in [0.4, 0.5) is 4.79 Å².